The van der Waals surface area contributed by atoms with Gasteiger partial charge in [-0.1, -0.05) is 0 Å². The molecule has 0 amide bonds. The van der Waals surface area contributed by atoms with E-state index >= 15 is 0 Å². The lowest BCUT2D eigenvalue weighted by atomic mass is 10.2. The molecule has 1 aromatic heterocycles. The molecule has 0 aliphatic rings. The summed E-state index contributed by atoms with van der Waals surface area (Å²) >= 11 is 0. The van der Waals surface area contributed by atoms with Crippen LogP contribution in [0.15, 0.2) is 36.7 Å². The Balaban J connectivity index is 1.80. The molecule has 1 aromatic carbocycles. The number of hydrogen-bond donors (Lipinski definition) is 2. The smallest absolute Gasteiger partial charge is 0.144 e. The minimum absolute atomic E-state index is 0.618. The van der Waals surface area contributed by atoms with Crippen molar-refractivity contribution in [1.29, 1.82) is 0 Å². The minimum atomic E-state index is 0.618. The van der Waals surface area contributed by atoms with E-state index in [9.17, 15) is 0 Å². The molecule has 0 aliphatic heterocycles. The van der Waals surface area contributed by atoms with Crippen LogP contribution in [0, 0.1) is 0 Å². The molecule has 0 saturated heterocycles. The number of anilines is 2. The molecule has 102 valence electrons. The molecule has 1 heterocycles. The van der Waals surface area contributed by atoms with Crippen molar-refractivity contribution in [2.45, 2.75) is 19.9 Å². The zero-order chi connectivity index (χ0) is 13.5. The summed E-state index contributed by atoms with van der Waals surface area (Å²) < 4.78 is 7.39. The summed E-state index contributed by atoms with van der Waals surface area (Å²) in [6.45, 7) is 4.36. The van der Waals surface area contributed by atoms with E-state index in [0.29, 0.717) is 12.3 Å². The lowest BCUT2D eigenvalue weighted by molar-refractivity contribution is 0.342. The fraction of sp³-hybridized carbons (Fsp3) is 0.357. The van der Waals surface area contributed by atoms with Crippen molar-refractivity contribution in [1.82, 2.24) is 9.78 Å². The summed E-state index contributed by atoms with van der Waals surface area (Å²) in [7, 11) is 0. The molecular weight excluding hydrogens is 240 g/mol. The van der Waals surface area contributed by atoms with Gasteiger partial charge in [-0.15, -0.1) is 0 Å². The maximum Gasteiger partial charge on any atom is 0.144 e. The number of hydrogen-bond acceptors (Lipinski definition) is 4. The van der Waals surface area contributed by atoms with Crippen molar-refractivity contribution >= 4 is 11.4 Å². The van der Waals surface area contributed by atoms with E-state index in [2.05, 4.69) is 10.4 Å². The van der Waals surface area contributed by atoms with Gasteiger partial charge in [-0.3, -0.25) is 4.68 Å². The average Bonchev–Trinajstić information content (AvgIpc) is 2.92. The zero-order valence-corrected chi connectivity index (χ0v) is 11.2. The molecule has 2 rings (SSSR count). The third kappa shape index (κ3) is 3.91. The van der Waals surface area contributed by atoms with Crippen LogP contribution in [0.25, 0.3) is 0 Å². The fourth-order valence-electron chi connectivity index (χ4n) is 1.83. The van der Waals surface area contributed by atoms with Gasteiger partial charge in [0.25, 0.3) is 0 Å². The molecule has 19 heavy (non-hydrogen) atoms. The summed E-state index contributed by atoms with van der Waals surface area (Å²) in [6, 6.07) is 7.70. The Morgan fingerprint density at radius 3 is 3.05 bits per heavy atom. The van der Waals surface area contributed by atoms with Crippen molar-refractivity contribution in [2.75, 3.05) is 24.2 Å². The number of benzene rings is 1. The van der Waals surface area contributed by atoms with E-state index in [4.69, 9.17) is 10.5 Å². The predicted molar refractivity (Wildman–Crippen MR) is 77.4 cm³/mol. The first kappa shape index (κ1) is 13.3. The molecule has 5 nitrogen and oxygen atoms in total. The molecule has 0 bridgehead atoms. The summed E-state index contributed by atoms with van der Waals surface area (Å²) in [5.41, 5.74) is 7.53. The Morgan fingerprint density at radius 2 is 2.32 bits per heavy atom. The van der Waals surface area contributed by atoms with Gasteiger partial charge < -0.3 is 15.8 Å². The number of ether oxygens (including phenoxy) is 1. The molecule has 5 heteroatoms. The van der Waals surface area contributed by atoms with Crippen molar-refractivity contribution in [3.05, 3.63) is 36.7 Å². The number of rotatable bonds is 7. The van der Waals surface area contributed by atoms with Crippen LogP contribution < -0.4 is 15.8 Å². The van der Waals surface area contributed by atoms with Crippen LogP contribution in [0.3, 0.4) is 0 Å². The van der Waals surface area contributed by atoms with E-state index < -0.39 is 0 Å². The molecule has 0 unspecified atom stereocenters. The topological polar surface area (TPSA) is 65.1 Å². The van der Waals surface area contributed by atoms with Gasteiger partial charge in [0.05, 0.1) is 12.3 Å². The van der Waals surface area contributed by atoms with Crippen LogP contribution in [0.4, 0.5) is 11.4 Å². The van der Waals surface area contributed by atoms with Crippen LogP contribution in [0.1, 0.15) is 13.3 Å². The highest BCUT2D eigenvalue weighted by Crippen LogP contribution is 2.25. The first-order chi connectivity index (χ1) is 9.29. The molecular formula is C14H20N4O. The molecule has 0 aliphatic carbocycles. The summed E-state index contributed by atoms with van der Waals surface area (Å²) in [5.74, 6) is 0.736. The molecule has 2 aromatic rings. The Morgan fingerprint density at radius 1 is 1.42 bits per heavy atom. The lowest BCUT2D eigenvalue weighted by Crippen LogP contribution is -2.07. The fourth-order valence-corrected chi connectivity index (χ4v) is 1.83. The minimum Gasteiger partial charge on any atom is -0.492 e. The molecule has 0 fully saturated rings. The number of nitrogens with one attached hydrogen (secondary N) is 1. The maximum absolute atomic E-state index is 5.83. The van der Waals surface area contributed by atoms with Gasteiger partial charge in [-0.05, 0) is 31.5 Å². The van der Waals surface area contributed by atoms with Crippen LogP contribution in [0.2, 0.25) is 0 Å². The quantitative estimate of drug-likeness (QED) is 0.592. The maximum atomic E-state index is 5.83. The second-order valence-electron chi connectivity index (χ2n) is 4.24. The van der Waals surface area contributed by atoms with E-state index in [0.717, 1.165) is 30.9 Å². The summed E-state index contributed by atoms with van der Waals surface area (Å²) in [4.78, 5) is 0. The molecule has 0 atom stereocenters. The van der Waals surface area contributed by atoms with E-state index in [-0.39, 0.29) is 0 Å². The van der Waals surface area contributed by atoms with Crippen molar-refractivity contribution < 1.29 is 4.74 Å². The van der Waals surface area contributed by atoms with Gasteiger partial charge in [0.2, 0.25) is 0 Å². The second-order valence-corrected chi connectivity index (χ2v) is 4.24. The number of aryl methyl sites for hydroxylation is 1. The normalized spacial score (nSPS) is 10.4. The Labute approximate surface area is 113 Å². The molecule has 0 saturated carbocycles. The standard InChI is InChI=1S/C14H20N4O/c1-2-19-14-11-12(5-6-13(14)15)16-7-3-9-18-10-4-8-17-18/h4-6,8,10-11,16H,2-3,7,9,15H2,1H3. The number of aromatic nitrogens is 2. The highest BCUT2D eigenvalue weighted by molar-refractivity contribution is 5.61. The van der Waals surface area contributed by atoms with Crippen molar-refractivity contribution in [3.8, 4) is 5.75 Å². The van der Waals surface area contributed by atoms with E-state index in [1.165, 1.54) is 0 Å². The van der Waals surface area contributed by atoms with Crippen LogP contribution in [0.5, 0.6) is 5.75 Å². The first-order valence-electron chi connectivity index (χ1n) is 6.53. The second kappa shape index (κ2) is 6.68. The highest BCUT2D eigenvalue weighted by atomic mass is 16.5. The van der Waals surface area contributed by atoms with Gasteiger partial charge in [0.1, 0.15) is 5.75 Å². The van der Waals surface area contributed by atoms with Crippen LogP contribution in [-0.4, -0.2) is 22.9 Å². The third-order valence-electron chi connectivity index (χ3n) is 2.77. The summed E-state index contributed by atoms with van der Waals surface area (Å²) in [6.07, 6.45) is 4.77. The molecule has 0 spiro atoms. The largest absolute Gasteiger partial charge is 0.492 e. The van der Waals surface area contributed by atoms with Gasteiger partial charge in [-0.25, -0.2) is 0 Å². The van der Waals surface area contributed by atoms with E-state index in [1.807, 2.05) is 42.1 Å². The third-order valence-corrected chi connectivity index (χ3v) is 2.77. The van der Waals surface area contributed by atoms with Crippen molar-refractivity contribution in [2.24, 2.45) is 0 Å². The predicted octanol–water partition coefficient (Wildman–Crippen LogP) is 2.37. The monoisotopic (exact) mass is 260 g/mol. The van der Waals surface area contributed by atoms with Gasteiger partial charge in [0, 0.05) is 37.2 Å². The number of nitrogen functional groups attached to an aromatic ring is 1. The van der Waals surface area contributed by atoms with Gasteiger partial charge in [0.15, 0.2) is 0 Å². The average molecular weight is 260 g/mol. The lowest BCUT2D eigenvalue weighted by Gasteiger charge is -2.11. The summed E-state index contributed by atoms with van der Waals surface area (Å²) in [5, 5.41) is 7.52. The highest BCUT2D eigenvalue weighted by Gasteiger charge is 2.01. The Kier molecular flexibility index (Phi) is 4.66. The van der Waals surface area contributed by atoms with Crippen molar-refractivity contribution in [3.63, 3.8) is 0 Å². The number of nitrogens with zero attached hydrogens (tertiary/aromatic N) is 2. The van der Waals surface area contributed by atoms with Crippen LogP contribution >= 0.6 is 0 Å². The SMILES string of the molecule is CCOc1cc(NCCCn2cccn2)ccc1N. The molecule has 3 N–H and O–H groups in total. The molecule has 0 radical (unpaired) electrons. The Bertz CT molecular complexity index is 496. The Hall–Kier alpha value is -2.17. The number of nitrogens with two attached hydrogens (primary N) is 1. The first-order valence-corrected chi connectivity index (χ1v) is 6.53. The van der Waals surface area contributed by atoms with Crippen LogP contribution in [-0.2, 0) is 6.54 Å². The van der Waals surface area contributed by atoms with E-state index in [1.54, 1.807) is 6.20 Å². The van der Waals surface area contributed by atoms with Gasteiger partial charge in [-0.2, -0.15) is 5.10 Å². The zero-order valence-electron chi connectivity index (χ0n) is 11.2. The van der Waals surface area contributed by atoms with Gasteiger partial charge >= 0.3 is 0 Å².